The SMILES string of the molecule is Cc1cn(-c2cnc3[nH]ncc3c2)cn1. The number of hydrogen-bond acceptors (Lipinski definition) is 3. The van der Waals surface area contributed by atoms with E-state index >= 15 is 0 Å². The molecule has 3 aromatic rings. The van der Waals surface area contributed by atoms with E-state index in [0.29, 0.717) is 0 Å². The van der Waals surface area contributed by atoms with E-state index in [1.165, 1.54) is 0 Å². The van der Waals surface area contributed by atoms with Crippen LogP contribution in [0.15, 0.2) is 31.0 Å². The molecule has 3 rings (SSSR count). The molecule has 0 radical (unpaired) electrons. The minimum atomic E-state index is 0.801. The molecule has 0 bridgehead atoms. The Morgan fingerprint density at radius 2 is 2.20 bits per heavy atom. The number of imidazole rings is 1. The van der Waals surface area contributed by atoms with Crippen molar-refractivity contribution in [2.75, 3.05) is 0 Å². The Balaban J connectivity index is 2.18. The standard InChI is InChI=1S/C10H9N5/c1-7-5-15(6-12-7)9-2-8-3-13-14-10(8)11-4-9/h2-6H,1H3,(H,11,13,14). The Morgan fingerprint density at radius 1 is 1.27 bits per heavy atom. The molecule has 0 fully saturated rings. The summed E-state index contributed by atoms with van der Waals surface area (Å²) in [5, 5.41) is 7.75. The van der Waals surface area contributed by atoms with Crippen molar-refractivity contribution in [3.8, 4) is 5.69 Å². The summed E-state index contributed by atoms with van der Waals surface area (Å²) in [5.74, 6) is 0. The smallest absolute Gasteiger partial charge is 0.155 e. The molecule has 5 heteroatoms. The number of nitrogens with zero attached hydrogens (tertiary/aromatic N) is 4. The second-order valence-electron chi connectivity index (χ2n) is 3.42. The van der Waals surface area contributed by atoms with Gasteiger partial charge >= 0.3 is 0 Å². The zero-order chi connectivity index (χ0) is 10.3. The van der Waals surface area contributed by atoms with E-state index in [9.17, 15) is 0 Å². The molecule has 0 aliphatic heterocycles. The Kier molecular flexibility index (Phi) is 1.58. The summed E-state index contributed by atoms with van der Waals surface area (Å²) in [5.41, 5.74) is 2.78. The van der Waals surface area contributed by atoms with Gasteiger partial charge < -0.3 is 4.57 Å². The lowest BCUT2D eigenvalue weighted by Gasteiger charge is -1.99. The topological polar surface area (TPSA) is 59.4 Å². The minimum Gasteiger partial charge on any atom is -0.304 e. The lowest BCUT2D eigenvalue weighted by molar-refractivity contribution is 1.04. The van der Waals surface area contributed by atoms with Crippen LogP contribution in [0.1, 0.15) is 5.69 Å². The van der Waals surface area contributed by atoms with Crippen molar-refractivity contribution in [3.63, 3.8) is 0 Å². The van der Waals surface area contributed by atoms with Gasteiger partial charge in [0.25, 0.3) is 0 Å². The van der Waals surface area contributed by atoms with Crippen LogP contribution in [-0.2, 0) is 0 Å². The first kappa shape index (κ1) is 8.16. The molecular formula is C10H9N5. The zero-order valence-corrected chi connectivity index (χ0v) is 8.18. The summed E-state index contributed by atoms with van der Waals surface area (Å²) in [6, 6.07) is 2.02. The maximum Gasteiger partial charge on any atom is 0.155 e. The first-order chi connectivity index (χ1) is 7.33. The molecule has 0 saturated carbocycles. The molecule has 1 N–H and O–H groups in total. The predicted octanol–water partition coefficient (Wildman–Crippen LogP) is 1.45. The third kappa shape index (κ3) is 1.28. The Bertz CT molecular complexity index is 607. The van der Waals surface area contributed by atoms with Crippen LogP contribution in [0.2, 0.25) is 0 Å². The largest absolute Gasteiger partial charge is 0.304 e. The van der Waals surface area contributed by atoms with E-state index in [2.05, 4.69) is 20.2 Å². The van der Waals surface area contributed by atoms with Crippen LogP contribution < -0.4 is 0 Å². The molecule has 0 atom stereocenters. The van der Waals surface area contributed by atoms with Gasteiger partial charge in [-0.25, -0.2) is 9.97 Å². The highest BCUT2D eigenvalue weighted by molar-refractivity contribution is 5.75. The van der Waals surface area contributed by atoms with Gasteiger partial charge in [-0.15, -0.1) is 0 Å². The van der Waals surface area contributed by atoms with Crippen molar-refractivity contribution in [2.45, 2.75) is 6.92 Å². The number of H-pyrrole nitrogens is 1. The summed E-state index contributed by atoms with van der Waals surface area (Å²) in [6.45, 7) is 1.96. The third-order valence-electron chi connectivity index (χ3n) is 2.29. The molecule has 0 saturated heterocycles. The average molecular weight is 199 g/mol. The van der Waals surface area contributed by atoms with Gasteiger partial charge in [0.2, 0.25) is 0 Å². The van der Waals surface area contributed by atoms with Gasteiger partial charge in [0.05, 0.1) is 30.1 Å². The number of aromatic nitrogens is 5. The average Bonchev–Trinajstić information content (AvgIpc) is 2.84. The van der Waals surface area contributed by atoms with Crippen LogP contribution in [0, 0.1) is 6.92 Å². The minimum absolute atomic E-state index is 0.801. The van der Waals surface area contributed by atoms with E-state index in [1.807, 2.05) is 23.8 Å². The highest BCUT2D eigenvalue weighted by Gasteiger charge is 2.01. The van der Waals surface area contributed by atoms with Gasteiger partial charge in [0, 0.05) is 11.6 Å². The van der Waals surface area contributed by atoms with Gasteiger partial charge in [0.15, 0.2) is 5.65 Å². The van der Waals surface area contributed by atoms with Crippen LogP contribution in [0.4, 0.5) is 0 Å². The number of hydrogen-bond donors (Lipinski definition) is 1. The zero-order valence-electron chi connectivity index (χ0n) is 8.18. The maximum absolute atomic E-state index is 4.26. The molecule has 0 unspecified atom stereocenters. The van der Waals surface area contributed by atoms with Crippen LogP contribution >= 0.6 is 0 Å². The number of pyridine rings is 1. The highest BCUT2D eigenvalue weighted by Crippen LogP contribution is 2.13. The normalized spacial score (nSPS) is 11.0. The fraction of sp³-hybridized carbons (Fsp3) is 0.100. The Labute approximate surface area is 85.8 Å². The monoisotopic (exact) mass is 199 g/mol. The van der Waals surface area contributed by atoms with Crippen LogP contribution in [0.3, 0.4) is 0 Å². The lowest BCUT2D eigenvalue weighted by Crippen LogP contribution is -1.90. The molecule has 5 nitrogen and oxygen atoms in total. The van der Waals surface area contributed by atoms with Gasteiger partial charge in [-0.1, -0.05) is 0 Å². The third-order valence-corrected chi connectivity index (χ3v) is 2.29. The number of aromatic amines is 1. The van der Waals surface area contributed by atoms with Crippen molar-refractivity contribution in [3.05, 3.63) is 36.7 Å². The highest BCUT2D eigenvalue weighted by atomic mass is 15.1. The number of fused-ring (bicyclic) bond motifs is 1. The van der Waals surface area contributed by atoms with E-state index in [1.54, 1.807) is 18.7 Å². The number of rotatable bonds is 1. The van der Waals surface area contributed by atoms with Crippen molar-refractivity contribution in [1.29, 1.82) is 0 Å². The van der Waals surface area contributed by atoms with E-state index in [4.69, 9.17) is 0 Å². The summed E-state index contributed by atoms with van der Waals surface area (Å²) >= 11 is 0. The summed E-state index contributed by atoms with van der Waals surface area (Å²) in [7, 11) is 0. The van der Waals surface area contributed by atoms with E-state index < -0.39 is 0 Å². The molecule has 74 valence electrons. The lowest BCUT2D eigenvalue weighted by atomic mass is 10.3. The van der Waals surface area contributed by atoms with Crippen LogP contribution in [-0.4, -0.2) is 24.7 Å². The Morgan fingerprint density at radius 3 is 3.00 bits per heavy atom. The van der Waals surface area contributed by atoms with Gasteiger partial charge in [-0.2, -0.15) is 5.10 Å². The number of aryl methyl sites for hydroxylation is 1. The maximum atomic E-state index is 4.26. The first-order valence-electron chi connectivity index (χ1n) is 4.63. The predicted molar refractivity (Wildman–Crippen MR) is 55.7 cm³/mol. The quantitative estimate of drug-likeness (QED) is 0.645. The summed E-state index contributed by atoms with van der Waals surface area (Å²) < 4.78 is 1.94. The first-order valence-corrected chi connectivity index (χ1v) is 4.63. The molecule has 0 aliphatic rings. The molecule has 0 amide bonds. The molecule has 15 heavy (non-hydrogen) atoms. The molecule has 0 aliphatic carbocycles. The second kappa shape index (κ2) is 2.91. The Hall–Kier alpha value is -2.17. The summed E-state index contributed by atoms with van der Waals surface area (Å²) in [4.78, 5) is 8.43. The van der Waals surface area contributed by atoms with Crippen molar-refractivity contribution >= 4 is 11.0 Å². The second-order valence-corrected chi connectivity index (χ2v) is 3.42. The van der Waals surface area contributed by atoms with E-state index in [0.717, 1.165) is 22.4 Å². The van der Waals surface area contributed by atoms with Gasteiger partial charge in [-0.05, 0) is 13.0 Å². The van der Waals surface area contributed by atoms with Crippen molar-refractivity contribution < 1.29 is 0 Å². The molecule has 3 heterocycles. The fourth-order valence-corrected chi connectivity index (χ4v) is 1.53. The van der Waals surface area contributed by atoms with Gasteiger partial charge in [-0.3, -0.25) is 5.10 Å². The van der Waals surface area contributed by atoms with Crippen molar-refractivity contribution in [2.24, 2.45) is 0 Å². The van der Waals surface area contributed by atoms with Gasteiger partial charge in [0.1, 0.15) is 0 Å². The van der Waals surface area contributed by atoms with E-state index in [-0.39, 0.29) is 0 Å². The molecule has 0 spiro atoms. The van der Waals surface area contributed by atoms with Crippen LogP contribution in [0.25, 0.3) is 16.7 Å². The fourth-order valence-electron chi connectivity index (χ4n) is 1.53. The molecule has 3 aromatic heterocycles. The molecule has 0 aromatic carbocycles. The van der Waals surface area contributed by atoms with Crippen LogP contribution in [0.5, 0.6) is 0 Å². The molecular weight excluding hydrogens is 190 g/mol. The number of nitrogens with one attached hydrogen (secondary N) is 1. The summed E-state index contributed by atoms with van der Waals surface area (Å²) in [6.07, 6.45) is 7.29. The van der Waals surface area contributed by atoms with Crippen molar-refractivity contribution in [1.82, 2.24) is 24.7 Å².